The van der Waals surface area contributed by atoms with E-state index in [9.17, 15) is 4.79 Å². The molecule has 0 spiro atoms. The molecule has 0 heterocycles. The van der Waals surface area contributed by atoms with Crippen molar-refractivity contribution in [1.29, 1.82) is 0 Å². The predicted molar refractivity (Wildman–Crippen MR) is 74.8 cm³/mol. The predicted octanol–water partition coefficient (Wildman–Crippen LogP) is 3.05. The van der Waals surface area contributed by atoms with Crippen molar-refractivity contribution in [2.24, 2.45) is 0 Å². The van der Waals surface area contributed by atoms with E-state index in [1.165, 1.54) is 26.4 Å². The molecule has 3 N–H and O–H groups in total. The summed E-state index contributed by atoms with van der Waals surface area (Å²) < 4.78 is 4.68. The molecular formula is C14H22N2O2. The third kappa shape index (κ3) is 4.28. The van der Waals surface area contributed by atoms with Gasteiger partial charge in [0.25, 0.3) is 0 Å². The van der Waals surface area contributed by atoms with Crippen LogP contribution in [0, 0.1) is 0 Å². The average Bonchev–Trinajstić information content (AvgIpc) is 2.39. The lowest BCUT2D eigenvalue weighted by Gasteiger charge is -2.10. The molecule has 1 rings (SSSR count). The first-order valence-corrected chi connectivity index (χ1v) is 6.40. The fourth-order valence-electron chi connectivity index (χ4n) is 1.73. The number of esters is 1. The van der Waals surface area contributed by atoms with Crippen molar-refractivity contribution in [3.8, 4) is 0 Å². The molecule has 0 aliphatic rings. The third-order valence-corrected chi connectivity index (χ3v) is 2.82. The van der Waals surface area contributed by atoms with Crippen LogP contribution in [0.3, 0.4) is 0 Å². The first-order chi connectivity index (χ1) is 8.69. The van der Waals surface area contributed by atoms with Crippen LogP contribution in [-0.4, -0.2) is 19.6 Å². The fourth-order valence-corrected chi connectivity index (χ4v) is 1.73. The van der Waals surface area contributed by atoms with Crippen molar-refractivity contribution in [1.82, 2.24) is 0 Å². The molecule has 0 bridgehead atoms. The Morgan fingerprint density at radius 1 is 1.33 bits per heavy atom. The van der Waals surface area contributed by atoms with E-state index < -0.39 is 0 Å². The average molecular weight is 250 g/mol. The topological polar surface area (TPSA) is 64.3 Å². The van der Waals surface area contributed by atoms with E-state index >= 15 is 0 Å². The Bertz CT molecular complexity index is 391. The van der Waals surface area contributed by atoms with Crippen LogP contribution >= 0.6 is 0 Å². The molecule has 1 aromatic carbocycles. The molecular weight excluding hydrogens is 228 g/mol. The maximum atomic E-state index is 11.4. The zero-order valence-electron chi connectivity index (χ0n) is 11.2. The Kier molecular flexibility index (Phi) is 6.05. The van der Waals surface area contributed by atoms with Crippen LogP contribution in [0.15, 0.2) is 18.2 Å². The minimum atomic E-state index is -0.343. The van der Waals surface area contributed by atoms with Crippen LogP contribution in [-0.2, 0) is 4.74 Å². The molecule has 100 valence electrons. The van der Waals surface area contributed by atoms with Crippen LogP contribution in [0.25, 0.3) is 0 Å². The van der Waals surface area contributed by atoms with E-state index in [1.807, 2.05) is 0 Å². The summed E-state index contributed by atoms with van der Waals surface area (Å²) in [6, 6.07) is 5.13. The Balaban J connectivity index is 2.56. The van der Waals surface area contributed by atoms with E-state index in [-0.39, 0.29) is 5.97 Å². The number of unbranched alkanes of at least 4 members (excludes halogenated alkanes) is 3. The second-order valence-corrected chi connectivity index (χ2v) is 4.28. The molecule has 0 saturated carbocycles. The molecule has 0 fully saturated rings. The number of anilines is 2. The number of nitrogen functional groups attached to an aromatic ring is 1. The van der Waals surface area contributed by atoms with Crippen molar-refractivity contribution in [3.05, 3.63) is 23.8 Å². The summed E-state index contributed by atoms with van der Waals surface area (Å²) in [4.78, 5) is 11.4. The number of hydrogen-bond donors (Lipinski definition) is 2. The highest BCUT2D eigenvalue weighted by Crippen LogP contribution is 2.20. The molecule has 0 unspecified atom stereocenters. The highest BCUT2D eigenvalue weighted by atomic mass is 16.5. The summed E-state index contributed by atoms with van der Waals surface area (Å²) in [6.45, 7) is 3.06. The van der Waals surface area contributed by atoms with Gasteiger partial charge in [-0.1, -0.05) is 26.2 Å². The van der Waals surface area contributed by atoms with Crippen molar-refractivity contribution in [2.75, 3.05) is 24.7 Å². The molecule has 0 saturated heterocycles. The molecule has 0 aliphatic carbocycles. The van der Waals surface area contributed by atoms with Gasteiger partial charge in [0.05, 0.1) is 24.0 Å². The maximum absolute atomic E-state index is 11.4. The lowest BCUT2D eigenvalue weighted by atomic mass is 10.1. The molecule has 0 aromatic heterocycles. The van der Waals surface area contributed by atoms with Gasteiger partial charge in [0.1, 0.15) is 0 Å². The molecule has 0 aliphatic heterocycles. The van der Waals surface area contributed by atoms with Crippen molar-refractivity contribution >= 4 is 17.3 Å². The number of methoxy groups -OCH3 is 1. The Morgan fingerprint density at radius 2 is 2.11 bits per heavy atom. The zero-order chi connectivity index (χ0) is 13.4. The highest BCUT2D eigenvalue weighted by molar-refractivity contribution is 5.91. The third-order valence-electron chi connectivity index (χ3n) is 2.82. The van der Waals surface area contributed by atoms with Gasteiger partial charge in [0.2, 0.25) is 0 Å². The van der Waals surface area contributed by atoms with Gasteiger partial charge in [-0.3, -0.25) is 0 Å². The zero-order valence-corrected chi connectivity index (χ0v) is 11.2. The minimum Gasteiger partial charge on any atom is -0.465 e. The quantitative estimate of drug-likeness (QED) is 0.443. The van der Waals surface area contributed by atoms with Crippen molar-refractivity contribution in [2.45, 2.75) is 32.6 Å². The Morgan fingerprint density at radius 3 is 2.78 bits per heavy atom. The standard InChI is InChI=1S/C14H22N2O2/c1-3-4-5-6-9-16-13-10-11(14(17)18-2)7-8-12(13)15/h7-8,10,16H,3-6,9,15H2,1-2H3. The second kappa shape index (κ2) is 7.58. The molecule has 0 atom stereocenters. The number of rotatable bonds is 7. The van der Waals surface area contributed by atoms with Gasteiger partial charge in [0.15, 0.2) is 0 Å². The summed E-state index contributed by atoms with van der Waals surface area (Å²) in [5.74, 6) is -0.343. The van der Waals surface area contributed by atoms with Gasteiger partial charge in [-0.25, -0.2) is 4.79 Å². The summed E-state index contributed by atoms with van der Waals surface area (Å²) >= 11 is 0. The number of ether oxygens (including phenoxy) is 1. The largest absolute Gasteiger partial charge is 0.465 e. The second-order valence-electron chi connectivity index (χ2n) is 4.28. The first kappa shape index (κ1) is 14.4. The number of nitrogens with two attached hydrogens (primary N) is 1. The summed E-state index contributed by atoms with van der Waals surface area (Å²) in [6.07, 6.45) is 4.79. The lowest BCUT2D eigenvalue weighted by Crippen LogP contribution is -2.07. The van der Waals surface area contributed by atoms with Crippen molar-refractivity contribution < 1.29 is 9.53 Å². The molecule has 1 aromatic rings. The highest BCUT2D eigenvalue weighted by Gasteiger charge is 2.07. The number of carbonyl (C=O) groups is 1. The molecule has 4 nitrogen and oxygen atoms in total. The van der Waals surface area contributed by atoms with E-state index in [1.54, 1.807) is 18.2 Å². The van der Waals surface area contributed by atoms with E-state index in [0.717, 1.165) is 18.7 Å². The number of benzene rings is 1. The summed E-state index contributed by atoms with van der Waals surface area (Å²) in [7, 11) is 1.37. The Labute approximate surface area is 109 Å². The van der Waals surface area contributed by atoms with Gasteiger partial charge in [-0.15, -0.1) is 0 Å². The van der Waals surface area contributed by atoms with Gasteiger partial charge in [-0.2, -0.15) is 0 Å². The van der Waals surface area contributed by atoms with E-state index in [4.69, 9.17) is 5.73 Å². The van der Waals surface area contributed by atoms with Crippen LogP contribution in [0.5, 0.6) is 0 Å². The first-order valence-electron chi connectivity index (χ1n) is 6.40. The van der Waals surface area contributed by atoms with Gasteiger partial charge in [0, 0.05) is 6.54 Å². The normalized spacial score (nSPS) is 10.1. The number of nitrogens with one attached hydrogen (secondary N) is 1. The molecule has 4 heteroatoms. The SMILES string of the molecule is CCCCCCNc1cc(C(=O)OC)ccc1N. The monoisotopic (exact) mass is 250 g/mol. The maximum Gasteiger partial charge on any atom is 0.337 e. The van der Waals surface area contributed by atoms with Gasteiger partial charge in [-0.05, 0) is 24.6 Å². The van der Waals surface area contributed by atoms with Gasteiger partial charge < -0.3 is 15.8 Å². The van der Waals surface area contributed by atoms with Crippen LogP contribution in [0.2, 0.25) is 0 Å². The summed E-state index contributed by atoms with van der Waals surface area (Å²) in [5.41, 5.74) is 7.83. The molecule has 18 heavy (non-hydrogen) atoms. The lowest BCUT2D eigenvalue weighted by molar-refractivity contribution is 0.0601. The van der Waals surface area contributed by atoms with Crippen LogP contribution in [0.4, 0.5) is 11.4 Å². The van der Waals surface area contributed by atoms with E-state index in [2.05, 4.69) is 17.0 Å². The molecule has 0 amide bonds. The van der Waals surface area contributed by atoms with Gasteiger partial charge >= 0.3 is 5.97 Å². The Hall–Kier alpha value is -1.71. The number of hydrogen-bond acceptors (Lipinski definition) is 4. The van der Waals surface area contributed by atoms with Crippen LogP contribution < -0.4 is 11.1 Å². The number of carbonyl (C=O) groups excluding carboxylic acids is 1. The summed E-state index contributed by atoms with van der Waals surface area (Å²) in [5, 5.41) is 3.26. The molecule has 0 radical (unpaired) electrons. The fraction of sp³-hybridized carbons (Fsp3) is 0.500. The van der Waals surface area contributed by atoms with Crippen molar-refractivity contribution in [3.63, 3.8) is 0 Å². The smallest absolute Gasteiger partial charge is 0.337 e. The van der Waals surface area contributed by atoms with Crippen LogP contribution in [0.1, 0.15) is 43.0 Å². The van der Waals surface area contributed by atoms with E-state index in [0.29, 0.717) is 11.3 Å². The minimum absolute atomic E-state index is 0.343.